The summed E-state index contributed by atoms with van der Waals surface area (Å²) < 4.78 is 18.3. The van der Waals surface area contributed by atoms with Gasteiger partial charge in [0, 0.05) is 67.5 Å². The first-order chi connectivity index (χ1) is 17.8. The first-order valence-electron chi connectivity index (χ1n) is 14.7. The van der Waals surface area contributed by atoms with Crippen LogP contribution < -0.4 is 5.09 Å². The molecule has 0 bridgehead atoms. The molecule has 2 aliphatic rings. The van der Waals surface area contributed by atoms with E-state index in [1.54, 1.807) is 5.56 Å². The Bertz CT molecular complexity index is 894. The van der Waals surface area contributed by atoms with Crippen LogP contribution in [-0.4, -0.2) is 91.3 Å². The van der Waals surface area contributed by atoms with E-state index in [1.165, 1.54) is 50.5 Å². The molecule has 2 fully saturated rings. The van der Waals surface area contributed by atoms with Gasteiger partial charge >= 0.3 is 7.87 Å². The molecule has 1 heterocycles. The molecule has 1 saturated heterocycles. The van der Waals surface area contributed by atoms with E-state index in [4.69, 9.17) is 4.52 Å². The third kappa shape index (κ3) is 7.47. The van der Waals surface area contributed by atoms with Gasteiger partial charge in [-0.1, -0.05) is 56.4 Å². The molecule has 9 heteroatoms. The van der Waals surface area contributed by atoms with Gasteiger partial charge in [0.1, 0.15) is 0 Å². The van der Waals surface area contributed by atoms with Crippen LogP contribution in [0.5, 0.6) is 0 Å². The first kappa shape index (κ1) is 32.2. The Morgan fingerprint density at radius 1 is 0.842 bits per heavy atom. The van der Waals surface area contributed by atoms with Crippen molar-refractivity contribution >= 4 is 15.4 Å². The Balaban J connectivity index is 2.03. The van der Waals surface area contributed by atoms with Crippen molar-refractivity contribution < 1.29 is 0 Å². The van der Waals surface area contributed by atoms with Crippen molar-refractivity contribution in [2.45, 2.75) is 90.1 Å². The van der Waals surface area contributed by atoms with Gasteiger partial charge in [-0.2, -0.15) is 0 Å². The second-order valence-corrected chi connectivity index (χ2v) is 19.8. The van der Waals surface area contributed by atoms with E-state index in [1.807, 2.05) is 0 Å². The summed E-state index contributed by atoms with van der Waals surface area (Å²) in [6, 6.07) is 9.67. The van der Waals surface area contributed by atoms with Crippen LogP contribution in [0.1, 0.15) is 89.2 Å². The third-order valence-corrected chi connectivity index (χ3v) is 16.5. The summed E-state index contributed by atoms with van der Waals surface area (Å²) in [5.74, 6) is 0.736. The average Bonchev–Trinajstić information content (AvgIpc) is 2.79. The zero-order valence-electron chi connectivity index (χ0n) is 26.2. The Morgan fingerprint density at radius 3 is 1.87 bits per heavy atom. The molecule has 0 radical (unpaired) electrons. The van der Waals surface area contributed by atoms with Crippen molar-refractivity contribution in [3.8, 4) is 0 Å². The van der Waals surface area contributed by atoms with Gasteiger partial charge in [-0.3, -0.25) is 5.09 Å². The summed E-state index contributed by atoms with van der Waals surface area (Å²) in [5.41, 5.74) is 2.88. The van der Waals surface area contributed by atoms with Crippen LogP contribution in [0.2, 0.25) is 0 Å². The number of rotatable bonds is 8. The van der Waals surface area contributed by atoms with Crippen molar-refractivity contribution in [3.05, 3.63) is 35.4 Å². The van der Waals surface area contributed by atoms with Crippen LogP contribution in [0.3, 0.4) is 0 Å². The summed E-state index contributed by atoms with van der Waals surface area (Å²) in [5, 5.41) is 4.13. The zero-order valence-corrected chi connectivity index (χ0v) is 28.0. The minimum absolute atomic E-state index is 0.0657. The van der Waals surface area contributed by atoms with Gasteiger partial charge in [0.2, 0.25) is 7.51 Å². The molecule has 1 aromatic carbocycles. The van der Waals surface area contributed by atoms with Gasteiger partial charge in [0.15, 0.2) is 0 Å². The van der Waals surface area contributed by atoms with Gasteiger partial charge < -0.3 is 0 Å². The molecule has 3 rings (SSSR count). The molecule has 1 aliphatic carbocycles. The predicted molar refractivity (Wildman–Crippen MR) is 169 cm³/mol. The molecule has 1 aromatic rings. The van der Waals surface area contributed by atoms with E-state index >= 15 is 0 Å². The normalized spacial score (nSPS) is 23.7. The lowest BCUT2D eigenvalue weighted by Gasteiger charge is -2.49. The first-order valence-corrected chi connectivity index (χ1v) is 18.0. The van der Waals surface area contributed by atoms with Crippen LogP contribution in [0.25, 0.3) is 0 Å². The molecule has 0 amide bonds. The fraction of sp³-hybridized carbons (Fsp3) is 0.793. The van der Waals surface area contributed by atoms with E-state index in [9.17, 15) is 0 Å². The van der Waals surface area contributed by atoms with Crippen molar-refractivity contribution in [3.63, 3.8) is 0 Å². The maximum Gasteiger partial charge on any atom is 0.355 e. The average molecular weight is 567 g/mol. The monoisotopic (exact) mass is 566 g/mol. The zero-order chi connectivity index (χ0) is 28.1. The number of hydrogen-bond acceptors (Lipinski definition) is 4. The quantitative estimate of drug-likeness (QED) is 0.332. The molecular formula is C29H58N7P2+. The smallest absolute Gasteiger partial charge is 0.251 e. The topological polar surface area (TPSA) is 40.6 Å². The molecule has 1 aliphatic heterocycles. The summed E-state index contributed by atoms with van der Waals surface area (Å²) in [6.07, 6.45) is 10.9. The maximum absolute atomic E-state index is 5.99. The van der Waals surface area contributed by atoms with E-state index in [-0.39, 0.29) is 5.54 Å². The number of benzene rings is 1. The highest BCUT2D eigenvalue weighted by atomic mass is 31.2. The second kappa shape index (κ2) is 13.5. The molecule has 1 saturated carbocycles. The number of nitrogens with one attached hydrogen (secondary N) is 1. The highest BCUT2D eigenvalue weighted by Crippen LogP contribution is 2.73. The molecule has 218 valence electrons. The summed E-state index contributed by atoms with van der Waals surface area (Å²) in [4.78, 5) is 0. The Labute approximate surface area is 236 Å². The fourth-order valence-electron chi connectivity index (χ4n) is 6.28. The summed E-state index contributed by atoms with van der Waals surface area (Å²) in [7, 11) is 11.1. The van der Waals surface area contributed by atoms with Crippen LogP contribution in [-0.2, 0) is 6.54 Å². The summed E-state index contributed by atoms with van der Waals surface area (Å²) >= 11 is 0. The number of hydrogen-bond donors (Lipinski definition) is 1. The lowest BCUT2D eigenvalue weighted by atomic mass is 9.86. The van der Waals surface area contributed by atoms with Crippen molar-refractivity contribution in [1.82, 2.24) is 28.4 Å². The largest absolute Gasteiger partial charge is 0.355 e. The maximum atomic E-state index is 5.99. The van der Waals surface area contributed by atoms with Gasteiger partial charge in [0.05, 0.1) is 0 Å². The van der Waals surface area contributed by atoms with E-state index in [0.717, 1.165) is 32.0 Å². The fourth-order valence-corrected chi connectivity index (χ4v) is 15.7. The molecule has 1 atom stereocenters. The highest BCUT2D eigenvalue weighted by molar-refractivity contribution is 7.75. The summed E-state index contributed by atoms with van der Waals surface area (Å²) in [6.45, 7) is 9.90. The highest BCUT2D eigenvalue weighted by Gasteiger charge is 2.54. The van der Waals surface area contributed by atoms with Gasteiger partial charge in [-0.15, -0.1) is 14.0 Å². The Morgan fingerprint density at radius 2 is 1.37 bits per heavy atom. The second-order valence-electron chi connectivity index (χ2n) is 13.0. The molecule has 1 N–H and O–H groups in total. The third-order valence-electron chi connectivity index (χ3n) is 8.03. The molecule has 38 heavy (non-hydrogen) atoms. The predicted octanol–water partition coefficient (Wildman–Crippen LogP) is 7.35. The van der Waals surface area contributed by atoms with Crippen LogP contribution in [0.4, 0.5) is 0 Å². The lowest BCUT2D eigenvalue weighted by molar-refractivity contribution is 0.313. The SMILES string of the molecule is CN1CCCN(Cc2ccc(C3CCCCCCC3)cc2)P1(=N[P+](N(C)C)(N(C)C)N(C)C)NC(C)(C)C. The van der Waals surface area contributed by atoms with Crippen molar-refractivity contribution in [2.75, 3.05) is 62.4 Å². The minimum atomic E-state index is -2.24. The van der Waals surface area contributed by atoms with Gasteiger partial charge in [-0.25, -0.2) is 9.34 Å². The van der Waals surface area contributed by atoms with Crippen LogP contribution in [0, 0.1) is 0 Å². The molecule has 7 nitrogen and oxygen atoms in total. The Hall–Kier alpha value is -0.360. The van der Waals surface area contributed by atoms with Crippen molar-refractivity contribution in [2.24, 2.45) is 4.52 Å². The van der Waals surface area contributed by atoms with E-state index in [2.05, 4.69) is 123 Å². The van der Waals surface area contributed by atoms with E-state index in [0.29, 0.717) is 0 Å². The lowest BCUT2D eigenvalue weighted by Crippen LogP contribution is -2.48. The van der Waals surface area contributed by atoms with Crippen molar-refractivity contribution in [1.29, 1.82) is 0 Å². The van der Waals surface area contributed by atoms with Gasteiger partial charge in [-0.05, 0) is 68.6 Å². The molecule has 0 spiro atoms. The standard InChI is InChI=1S/C29H58N7P2/c1-29(2,3)30-37(31-38(32(4)5,33(6)7)34(8)9)35(10)23-16-24-36(37)25-26-19-21-28(22-20-26)27-17-14-12-11-13-15-18-27/h19-22,27,30H,11-18,23-25H2,1-10H3/q+1. The van der Waals surface area contributed by atoms with Crippen LogP contribution >= 0.6 is 15.4 Å². The minimum Gasteiger partial charge on any atom is -0.251 e. The molecule has 1 unspecified atom stereocenters. The van der Waals surface area contributed by atoms with E-state index < -0.39 is 15.4 Å². The molecule has 0 aromatic heterocycles. The molecular weight excluding hydrogens is 508 g/mol. The van der Waals surface area contributed by atoms with Gasteiger partial charge in [0.25, 0.3) is 0 Å². The Kier molecular flexibility index (Phi) is 11.5. The number of nitrogens with zero attached hydrogens (tertiary/aromatic N) is 6. The van der Waals surface area contributed by atoms with Crippen LogP contribution in [0.15, 0.2) is 28.8 Å².